The van der Waals surface area contributed by atoms with E-state index in [4.69, 9.17) is 17.9 Å². The predicted molar refractivity (Wildman–Crippen MR) is 444 cm³/mol. The second-order valence-corrected chi connectivity index (χ2v) is 33.7. The molecule has 6 rings (SSSR count). The summed E-state index contributed by atoms with van der Waals surface area (Å²) in [7, 11) is 0. The van der Waals surface area contributed by atoms with Crippen LogP contribution in [0.3, 0.4) is 0 Å². The zero-order valence-corrected chi connectivity index (χ0v) is 65.6. The molecule has 99 heavy (non-hydrogen) atoms. The average Bonchev–Trinajstić information content (AvgIpc) is 1.72. The van der Waals surface area contributed by atoms with Gasteiger partial charge in [-0.1, -0.05) is 291 Å². The van der Waals surface area contributed by atoms with E-state index < -0.39 is 0 Å². The average molecular weight is 1440 g/mol. The summed E-state index contributed by atoms with van der Waals surface area (Å²) in [5.41, 5.74) is -0.181. The first kappa shape index (κ1) is 120. The Morgan fingerprint density at radius 3 is 0.899 bits per heavy atom. The molecule has 0 aliphatic carbocycles. The maximum Gasteiger partial charge on any atom is 0.315 e. The zero-order chi connectivity index (χ0) is 71.3. The zero-order valence-electron chi connectivity index (χ0n) is 64.0. The third-order valence-electron chi connectivity index (χ3n) is 10.4. The van der Waals surface area contributed by atoms with Crippen LogP contribution in [0.5, 0.6) is 0 Å². The Morgan fingerprint density at radius 2 is 0.667 bits per heavy atom. The van der Waals surface area contributed by atoms with E-state index in [1.54, 1.807) is 22.7 Å². The van der Waals surface area contributed by atoms with E-state index in [0.29, 0.717) is 53.3 Å². The Hall–Kier alpha value is -5.70. The Bertz CT molecular complexity index is 2680. The van der Waals surface area contributed by atoms with Crippen LogP contribution in [-0.4, -0.2) is 77.7 Å². The van der Waals surface area contributed by atoms with E-state index in [0.717, 1.165) is 26.0 Å². The van der Waals surface area contributed by atoms with Crippen molar-refractivity contribution in [2.75, 3.05) is 16.0 Å². The third-order valence-corrected chi connectivity index (χ3v) is 13.2. The Kier molecular flexibility index (Phi) is 64.6. The van der Waals surface area contributed by atoms with Crippen LogP contribution in [-0.2, 0) is 32.5 Å². The number of aromatic nitrogens is 12. The van der Waals surface area contributed by atoms with Crippen LogP contribution in [0.1, 0.15) is 405 Å². The minimum absolute atomic E-state index is 0. The lowest BCUT2D eigenvalue weighted by Gasteiger charge is -2.18. The van der Waals surface area contributed by atoms with Gasteiger partial charge < -0.3 is 33.8 Å². The number of nitrogens with one attached hydrogen (secondary N) is 3. The van der Waals surface area contributed by atoms with E-state index in [2.05, 4.69) is 250 Å². The molecular weight excluding hydrogens is 1280 g/mol. The Morgan fingerprint density at radius 1 is 0.323 bits per heavy atom. The van der Waals surface area contributed by atoms with E-state index in [1.807, 2.05) is 133 Å². The van der Waals surface area contributed by atoms with Crippen molar-refractivity contribution in [1.82, 2.24) is 61.1 Å². The number of nitrogens with zero attached hydrogens (tertiary/aromatic N) is 12. The quantitative estimate of drug-likeness (QED) is 0.131. The van der Waals surface area contributed by atoms with Crippen LogP contribution in [0.4, 0.5) is 17.1 Å². The van der Waals surface area contributed by atoms with Crippen LogP contribution in [0.15, 0.2) is 54.3 Å². The molecule has 0 saturated heterocycles. The topological polar surface area (TPSA) is 243 Å². The number of hydrogen-bond acceptors (Lipinski definition) is 21. The highest BCUT2D eigenvalue weighted by atomic mass is 32.1. The van der Waals surface area contributed by atoms with Gasteiger partial charge in [0.05, 0.1) is 0 Å². The summed E-state index contributed by atoms with van der Waals surface area (Å²) < 4.78 is 21.3. The molecule has 0 radical (unpaired) electrons. The normalized spacial score (nSPS) is 11.2. The highest BCUT2D eigenvalue weighted by Crippen LogP contribution is 2.30. The van der Waals surface area contributed by atoms with Gasteiger partial charge in [-0.2, -0.15) is 9.97 Å². The molecule has 19 nitrogen and oxygen atoms in total. The van der Waals surface area contributed by atoms with Gasteiger partial charge in [0.2, 0.25) is 34.6 Å². The molecule has 0 unspecified atom stereocenters. The van der Waals surface area contributed by atoms with E-state index >= 15 is 0 Å². The summed E-state index contributed by atoms with van der Waals surface area (Å²) in [4.78, 5) is 8.58. The van der Waals surface area contributed by atoms with Gasteiger partial charge in [-0.3, -0.25) is 0 Å². The van der Waals surface area contributed by atoms with Crippen molar-refractivity contribution in [1.29, 1.82) is 0 Å². The smallest absolute Gasteiger partial charge is 0.315 e. The number of anilines is 3. The van der Waals surface area contributed by atoms with Gasteiger partial charge >= 0.3 is 6.01 Å². The van der Waals surface area contributed by atoms with Crippen molar-refractivity contribution in [2.24, 2.45) is 0 Å². The van der Waals surface area contributed by atoms with Crippen molar-refractivity contribution in [2.45, 2.75) is 404 Å². The van der Waals surface area contributed by atoms with Crippen molar-refractivity contribution in [3.8, 4) is 0 Å². The second kappa shape index (κ2) is 53.2. The molecule has 0 aromatic carbocycles. The molecule has 0 aliphatic rings. The lowest BCUT2D eigenvalue weighted by atomic mass is 9.94. The van der Waals surface area contributed by atoms with Crippen molar-refractivity contribution in [3.63, 3.8) is 0 Å². The molecule has 21 heteroatoms. The Balaban J connectivity index is -0.0000000872. The van der Waals surface area contributed by atoms with Crippen LogP contribution in [0.25, 0.3) is 0 Å². The fraction of sp³-hybridized carbons (Fsp3) is 0.769. The van der Waals surface area contributed by atoms with Crippen LogP contribution in [0, 0.1) is 0 Å². The molecule has 6 heterocycles. The molecule has 0 bridgehead atoms. The first-order valence-electron chi connectivity index (χ1n) is 31.6. The third kappa shape index (κ3) is 57.6. The van der Waals surface area contributed by atoms with E-state index in [-0.39, 0.29) is 122 Å². The molecule has 3 N–H and O–H groups in total. The lowest BCUT2D eigenvalue weighted by Crippen LogP contribution is -2.26. The molecule has 0 aliphatic heterocycles. The molecule has 588 valence electrons. The monoisotopic (exact) mass is 1440 g/mol. The molecule has 0 amide bonds. The van der Waals surface area contributed by atoms with Gasteiger partial charge in [0.1, 0.15) is 15.0 Å². The van der Waals surface area contributed by atoms with Crippen molar-refractivity contribution in [3.05, 3.63) is 86.8 Å². The molecule has 0 atom stereocenters. The first-order valence-corrected chi connectivity index (χ1v) is 33.3. The fourth-order valence-corrected chi connectivity index (χ4v) is 6.88. The number of rotatable bonds is 6. The molecular formula is C78H165N15O4S2. The largest absolute Gasteiger partial charge is 0.424 e. The predicted octanol–water partition coefficient (Wildman–Crippen LogP) is 26.6. The fourth-order valence-electron chi connectivity index (χ4n) is 5.03. The van der Waals surface area contributed by atoms with Crippen LogP contribution < -0.4 is 16.0 Å². The van der Waals surface area contributed by atoms with Crippen LogP contribution in [0.2, 0.25) is 0 Å². The Labute approximate surface area is 621 Å². The number of allylic oxidation sites excluding steroid dienone is 6. The minimum Gasteiger partial charge on any atom is -0.424 e. The van der Waals surface area contributed by atoms with Gasteiger partial charge in [-0.25, -0.2) is 0 Å². The van der Waals surface area contributed by atoms with Gasteiger partial charge in [-0.05, 0) is 109 Å². The van der Waals surface area contributed by atoms with E-state index in [9.17, 15) is 0 Å². The SMILES string of the molecule is C.C.C.C.C.C.C.C.C.CC(C)(C)Nc1nnc(C(C)(C)C)o1.CC(C)(C)c1nnc(C(C)(C)C)o1.CC(C)(C)c1noc(C(C)(C)C)n1.CC(C)c1nc(NC(C)(C)C)no1.CC(C)c1nnc(C(C)(C)C)s1.CC(C)c1nnc(NC(C)(C)C)s1.CC=CC.CC=CC.CC=CC. The van der Waals surface area contributed by atoms with Gasteiger partial charge in [-0.15, -0.1) is 47.0 Å². The summed E-state index contributed by atoms with van der Waals surface area (Å²) in [5.74, 6) is 6.03. The number of hydrogen-bond donors (Lipinski definition) is 3. The van der Waals surface area contributed by atoms with Gasteiger partial charge in [0.25, 0.3) is 5.95 Å². The lowest BCUT2D eigenvalue weighted by molar-refractivity contribution is 0.314. The summed E-state index contributed by atoms with van der Waals surface area (Å²) in [6, 6.07) is 0.488. The minimum atomic E-state index is -0.0924. The summed E-state index contributed by atoms with van der Waals surface area (Å²) in [5, 5.41) is 54.2. The second-order valence-electron chi connectivity index (χ2n) is 31.7. The van der Waals surface area contributed by atoms with Gasteiger partial charge in [0, 0.05) is 66.9 Å². The van der Waals surface area contributed by atoms with Gasteiger partial charge in [0.15, 0.2) is 5.82 Å². The maximum absolute atomic E-state index is 5.59. The molecule has 0 spiro atoms. The van der Waals surface area contributed by atoms with E-state index in [1.165, 1.54) is 0 Å². The highest BCUT2D eigenvalue weighted by molar-refractivity contribution is 7.15. The van der Waals surface area contributed by atoms with Crippen molar-refractivity contribution < 1.29 is 17.9 Å². The molecule has 0 saturated carbocycles. The molecule has 0 fully saturated rings. The molecule has 6 aromatic heterocycles. The summed E-state index contributed by atoms with van der Waals surface area (Å²) >= 11 is 3.36. The van der Waals surface area contributed by atoms with Crippen LogP contribution >= 0.6 is 22.7 Å². The first-order chi connectivity index (χ1) is 40.5. The standard InChI is InChI=1S/C10H19N3O.2C10H18N2O.C9H17N3O.C9H17N3S.C9H16N2S.3C4H8.9CH4/c1-9(2,3)7-12-13-8(14-7)11-10(4,5)6;1-9(2,3)7-11-12-8(13-7)10(4,5)6;1-9(2,3)7-11-8(13-12-7)10(4,5)6;1-6(2)7-10-8(12-13-7)11-9(3,4)5;1-6(2)7-11-12-8(13-7)10-9(3,4)5;1-6(2)7-10-11-8(12-7)9(3,4)5;3*1-3-4-2;;;;;;;;;/h1-6H3,(H,11,13);2*1-6H3;6H,1-5H3,(H,11,12);6H,1-5H3,(H,10,12);6H,1-5H3;3*3-4H,1-2H3;9*1H4. The highest BCUT2D eigenvalue weighted by Gasteiger charge is 2.29. The summed E-state index contributed by atoms with van der Waals surface area (Å²) in [6.45, 7) is 80.6. The molecule has 6 aromatic rings. The maximum atomic E-state index is 5.59. The summed E-state index contributed by atoms with van der Waals surface area (Å²) in [6.07, 6.45) is 12.0. The van der Waals surface area contributed by atoms with Crippen molar-refractivity contribution >= 4 is 39.8 Å².